The first-order chi connectivity index (χ1) is 8.83. The molecular weight excluding hydrogens is 242 g/mol. The van der Waals surface area contributed by atoms with E-state index in [1.54, 1.807) is 0 Å². The molecule has 0 aliphatic carbocycles. The Labute approximate surface area is 111 Å². The summed E-state index contributed by atoms with van der Waals surface area (Å²) in [6, 6.07) is 12.0. The number of fused-ring (bicyclic) bond motifs is 1. The van der Waals surface area contributed by atoms with Crippen molar-refractivity contribution in [2.45, 2.75) is 13.0 Å². The smallest absolute Gasteiger partial charge is 0.196 e. The summed E-state index contributed by atoms with van der Waals surface area (Å²) >= 11 is 1.84. The van der Waals surface area contributed by atoms with Gasteiger partial charge in [-0.25, -0.2) is 4.99 Å². The van der Waals surface area contributed by atoms with E-state index in [2.05, 4.69) is 21.3 Å². The second kappa shape index (κ2) is 4.82. The number of thiophene rings is 1. The molecule has 0 spiro atoms. The Morgan fingerprint density at radius 1 is 1.22 bits per heavy atom. The molecule has 0 saturated carbocycles. The number of hydrogen-bond donors (Lipinski definition) is 1. The standard InChI is InChI=1S/C14H15N3S/c15-14(16-12-4-2-1-3-5-12)17-8-6-13-11(10-17)7-9-18-13/h1-5,7,9H,6,8,10H2,(H2,15,16). The number of nitrogens with two attached hydrogens (primary N) is 1. The van der Waals surface area contributed by atoms with E-state index in [0.29, 0.717) is 5.96 Å². The van der Waals surface area contributed by atoms with E-state index in [0.717, 1.165) is 25.2 Å². The third-order valence-corrected chi connectivity index (χ3v) is 4.15. The molecule has 92 valence electrons. The summed E-state index contributed by atoms with van der Waals surface area (Å²) < 4.78 is 0. The lowest BCUT2D eigenvalue weighted by Crippen LogP contribution is -2.40. The zero-order valence-corrected chi connectivity index (χ0v) is 10.9. The van der Waals surface area contributed by atoms with Gasteiger partial charge in [0, 0.05) is 18.0 Å². The van der Waals surface area contributed by atoms with Gasteiger partial charge in [0.25, 0.3) is 0 Å². The predicted octanol–water partition coefficient (Wildman–Crippen LogP) is 2.75. The molecule has 0 bridgehead atoms. The van der Waals surface area contributed by atoms with Crippen LogP contribution in [-0.2, 0) is 13.0 Å². The van der Waals surface area contributed by atoms with Crippen LogP contribution in [0.5, 0.6) is 0 Å². The number of guanidine groups is 1. The van der Waals surface area contributed by atoms with Crippen molar-refractivity contribution in [2.24, 2.45) is 10.7 Å². The third kappa shape index (κ3) is 2.24. The van der Waals surface area contributed by atoms with Gasteiger partial charge in [0.2, 0.25) is 0 Å². The lowest BCUT2D eigenvalue weighted by molar-refractivity contribution is 0.393. The fourth-order valence-corrected chi connectivity index (χ4v) is 3.04. The van der Waals surface area contributed by atoms with Gasteiger partial charge in [-0.05, 0) is 35.6 Å². The molecule has 4 heteroatoms. The summed E-state index contributed by atoms with van der Waals surface area (Å²) in [5.41, 5.74) is 8.38. The van der Waals surface area contributed by atoms with Crippen LogP contribution in [0.3, 0.4) is 0 Å². The summed E-state index contributed by atoms with van der Waals surface area (Å²) in [7, 11) is 0. The molecule has 0 amide bonds. The van der Waals surface area contributed by atoms with Crippen molar-refractivity contribution in [2.75, 3.05) is 6.54 Å². The lowest BCUT2D eigenvalue weighted by atomic mass is 10.1. The predicted molar refractivity (Wildman–Crippen MR) is 76.2 cm³/mol. The Morgan fingerprint density at radius 2 is 2.06 bits per heavy atom. The Morgan fingerprint density at radius 3 is 2.89 bits per heavy atom. The molecular formula is C14H15N3S. The molecule has 1 aromatic carbocycles. The molecule has 3 nitrogen and oxygen atoms in total. The van der Waals surface area contributed by atoms with Crippen LogP contribution in [0.25, 0.3) is 0 Å². The molecule has 1 aromatic heterocycles. The van der Waals surface area contributed by atoms with Crippen molar-refractivity contribution in [3.8, 4) is 0 Å². The Bertz CT molecular complexity index is 559. The molecule has 0 saturated heterocycles. The fourth-order valence-electron chi connectivity index (χ4n) is 2.15. The Hall–Kier alpha value is -1.81. The molecule has 0 fully saturated rings. The summed E-state index contributed by atoms with van der Waals surface area (Å²) in [4.78, 5) is 8.09. The lowest BCUT2D eigenvalue weighted by Gasteiger charge is -2.27. The maximum absolute atomic E-state index is 6.09. The highest BCUT2D eigenvalue weighted by Crippen LogP contribution is 2.24. The van der Waals surface area contributed by atoms with E-state index in [-0.39, 0.29) is 0 Å². The van der Waals surface area contributed by atoms with Gasteiger partial charge in [-0.15, -0.1) is 11.3 Å². The van der Waals surface area contributed by atoms with Crippen molar-refractivity contribution in [1.82, 2.24) is 4.90 Å². The van der Waals surface area contributed by atoms with Crippen molar-refractivity contribution < 1.29 is 0 Å². The zero-order valence-electron chi connectivity index (χ0n) is 10.0. The molecule has 2 heterocycles. The Kier molecular flexibility index (Phi) is 3.02. The minimum atomic E-state index is 0.609. The number of aliphatic imine (C=N–C) groups is 1. The minimum absolute atomic E-state index is 0.609. The van der Waals surface area contributed by atoms with Gasteiger partial charge in [0.05, 0.1) is 5.69 Å². The minimum Gasteiger partial charge on any atom is -0.369 e. The van der Waals surface area contributed by atoms with Gasteiger partial charge in [0.15, 0.2) is 5.96 Å². The van der Waals surface area contributed by atoms with Crippen LogP contribution < -0.4 is 5.73 Å². The molecule has 18 heavy (non-hydrogen) atoms. The summed E-state index contributed by atoms with van der Waals surface area (Å²) in [6.07, 6.45) is 1.07. The van der Waals surface area contributed by atoms with Crippen molar-refractivity contribution in [3.05, 3.63) is 52.2 Å². The molecule has 0 atom stereocenters. The molecule has 0 radical (unpaired) electrons. The Balaban J connectivity index is 1.79. The van der Waals surface area contributed by atoms with Gasteiger partial charge in [-0.3, -0.25) is 0 Å². The van der Waals surface area contributed by atoms with Crippen molar-refractivity contribution >= 4 is 23.0 Å². The van der Waals surface area contributed by atoms with E-state index in [9.17, 15) is 0 Å². The zero-order chi connectivity index (χ0) is 12.4. The summed E-state index contributed by atoms with van der Waals surface area (Å²) in [5, 5.41) is 2.15. The van der Waals surface area contributed by atoms with E-state index >= 15 is 0 Å². The van der Waals surface area contributed by atoms with Gasteiger partial charge in [0.1, 0.15) is 0 Å². The largest absolute Gasteiger partial charge is 0.369 e. The molecule has 1 aliphatic heterocycles. The molecule has 1 aliphatic rings. The number of rotatable bonds is 1. The first kappa shape index (κ1) is 11.3. The highest BCUT2D eigenvalue weighted by atomic mass is 32.1. The van der Waals surface area contributed by atoms with Crippen LogP contribution >= 0.6 is 11.3 Å². The quantitative estimate of drug-likeness (QED) is 0.630. The second-order valence-corrected chi connectivity index (χ2v) is 5.35. The summed E-state index contributed by atoms with van der Waals surface area (Å²) in [5.74, 6) is 0.609. The second-order valence-electron chi connectivity index (χ2n) is 4.35. The van der Waals surface area contributed by atoms with Gasteiger partial charge < -0.3 is 10.6 Å². The maximum atomic E-state index is 6.09. The van der Waals surface area contributed by atoms with Crippen molar-refractivity contribution in [1.29, 1.82) is 0 Å². The SMILES string of the molecule is NC(=Nc1ccccc1)N1CCc2sccc2C1. The molecule has 2 N–H and O–H groups in total. The number of hydrogen-bond acceptors (Lipinski definition) is 2. The van der Waals surface area contributed by atoms with Gasteiger partial charge >= 0.3 is 0 Å². The normalized spacial score (nSPS) is 15.6. The highest BCUT2D eigenvalue weighted by molar-refractivity contribution is 7.10. The van der Waals surface area contributed by atoms with Crippen LogP contribution in [0.1, 0.15) is 10.4 Å². The monoisotopic (exact) mass is 257 g/mol. The third-order valence-electron chi connectivity index (χ3n) is 3.13. The van der Waals surface area contributed by atoms with E-state index in [1.807, 2.05) is 41.7 Å². The van der Waals surface area contributed by atoms with E-state index in [1.165, 1.54) is 10.4 Å². The van der Waals surface area contributed by atoms with E-state index < -0.39 is 0 Å². The van der Waals surface area contributed by atoms with Crippen molar-refractivity contribution in [3.63, 3.8) is 0 Å². The van der Waals surface area contributed by atoms with Crippen LogP contribution in [0.15, 0.2) is 46.8 Å². The van der Waals surface area contributed by atoms with Crippen LogP contribution in [0.2, 0.25) is 0 Å². The fraction of sp³-hybridized carbons (Fsp3) is 0.214. The van der Waals surface area contributed by atoms with Gasteiger partial charge in [-0.2, -0.15) is 0 Å². The number of para-hydroxylation sites is 1. The maximum Gasteiger partial charge on any atom is 0.196 e. The van der Waals surface area contributed by atoms with Crippen LogP contribution in [0, 0.1) is 0 Å². The molecule has 0 unspecified atom stereocenters. The summed E-state index contributed by atoms with van der Waals surface area (Å²) in [6.45, 7) is 1.83. The average molecular weight is 257 g/mol. The highest BCUT2D eigenvalue weighted by Gasteiger charge is 2.18. The first-order valence-corrected chi connectivity index (χ1v) is 6.90. The van der Waals surface area contributed by atoms with Crippen LogP contribution in [-0.4, -0.2) is 17.4 Å². The number of benzene rings is 1. The van der Waals surface area contributed by atoms with Gasteiger partial charge in [-0.1, -0.05) is 18.2 Å². The topological polar surface area (TPSA) is 41.6 Å². The molecule has 2 aromatic rings. The average Bonchev–Trinajstić information content (AvgIpc) is 2.87. The van der Waals surface area contributed by atoms with Crippen LogP contribution in [0.4, 0.5) is 5.69 Å². The molecule has 3 rings (SSSR count). The number of nitrogens with zero attached hydrogens (tertiary/aromatic N) is 2. The first-order valence-electron chi connectivity index (χ1n) is 6.02. The van der Waals surface area contributed by atoms with E-state index in [4.69, 9.17) is 5.73 Å².